The minimum Gasteiger partial charge on any atom is -0.494 e. The third kappa shape index (κ3) is 4.31. The molecule has 1 N–H and O–H groups in total. The molecule has 5 heteroatoms. The summed E-state index contributed by atoms with van der Waals surface area (Å²) in [6.07, 6.45) is 0.435. The van der Waals surface area contributed by atoms with Crippen molar-refractivity contribution < 1.29 is 9.53 Å². The Hall–Kier alpha value is -2.53. The standard InChI is InChI=1S/C20H20N2O2S/c1-14-13-19(22-20-16(14)9-6-10-17(20)24-2)25-12-11-18(23)21-15-7-4-3-5-8-15/h3-10,13H,11-12H2,1-2H3,(H,21,23). The molecular formula is C20H20N2O2S. The van der Waals surface area contributed by atoms with Gasteiger partial charge >= 0.3 is 0 Å². The third-order valence-corrected chi connectivity index (χ3v) is 4.76. The van der Waals surface area contributed by atoms with Gasteiger partial charge in [-0.15, -0.1) is 11.8 Å². The second-order valence-corrected chi connectivity index (χ2v) is 6.76. The smallest absolute Gasteiger partial charge is 0.225 e. The second-order valence-electron chi connectivity index (χ2n) is 5.65. The number of hydrogen-bond acceptors (Lipinski definition) is 4. The Kier molecular flexibility index (Phi) is 5.56. The number of fused-ring (bicyclic) bond motifs is 1. The fraction of sp³-hybridized carbons (Fsp3) is 0.200. The predicted octanol–water partition coefficient (Wildman–Crippen LogP) is 4.67. The van der Waals surface area contributed by atoms with Crippen molar-refractivity contribution in [2.24, 2.45) is 0 Å². The van der Waals surface area contributed by atoms with Crippen molar-refractivity contribution in [2.45, 2.75) is 18.4 Å². The summed E-state index contributed by atoms with van der Waals surface area (Å²) in [6.45, 7) is 2.07. The molecule has 0 spiro atoms. The number of rotatable bonds is 6. The van der Waals surface area contributed by atoms with Crippen LogP contribution in [0.15, 0.2) is 59.6 Å². The highest BCUT2D eigenvalue weighted by Crippen LogP contribution is 2.29. The number of methoxy groups -OCH3 is 1. The first-order valence-corrected chi connectivity index (χ1v) is 9.08. The molecule has 3 aromatic rings. The van der Waals surface area contributed by atoms with E-state index in [4.69, 9.17) is 9.72 Å². The molecule has 0 unspecified atom stereocenters. The van der Waals surface area contributed by atoms with Gasteiger partial charge in [0.05, 0.1) is 12.1 Å². The Morgan fingerprint density at radius 2 is 1.96 bits per heavy atom. The van der Waals surface area contributed by atoms with Gasteiger partial charge in [-0.05, 0) is 36.8 Å². The van der Waals surface area contributed by atoms with Crippen LogP contribution >= 0.6 is 11.8 Å². The Morgan fingerprint density at radius 3 is 2.72 bits per heavy atom. The van der Waals surface area contributed by atoms with Gasteiger partial charge in [-0.2, -0.15) is 0 Å². The van der Waals surface area contributed by atoms with Gasteiger partial charge in [0.15, 0.2) is 0 Å². The lowest BCUT2D eigenvalue weighted by atomic mass is 10.1. The summed E-state index contributed by atoms with van der Waals surface area (Å²) < 4.78 is 5.41. The number of carbonyl (C=O) groups is 1. The largest absolute Gasteiger partial charge is 0.494 e. The van der Waals surface area contributed by atoms with Gasteiger partial charge in [-0.1, -0.05) is 30.3 Å². The van der Waals surface area contributed by atoms with Crippen LogP contribution in [0.2, 0.25) is 0 Å². The molecule has 2 aromatic carbocycles. The number of amides is 1. The zero-order valence-electron chi connectivity index (χ0n) is 14.3. The maximum atomic E-state index is 12.0. The zero-order valence-corrected chi connectivity index (χ0v) is 15.1. The molecule has 0 saturated carbocycles. The van der Waals surface area contributed by atoms with Crippen LogP contribution in [0, 0.1) is 6.92 Å². The van der Waals surface area contributed by atoms with Crippen molar-refractivity contribution in [1.82, 2.24) is 4.98 Å². The molecule has 128 valence electrons. The van der Waals surface area contributed by atoms with E-state index in [1.54, 1.807) is 18.9 Å². The third-order valence-electron chi connectivity index (χ3n) is 3.84. The summed E-state index contributed by atoms with van der Waals surface area (Å²) in [4.78, 5) is 16.7. The fourth-order valence-corrected chi connectivity index (χ4v) is 3.51. The maximum absolute atomic E-state index is 12.0. The number of ether oxygens (including phenoxy) is 1. The van der Waals surface area contributed by atoms with Crippen molar-refractivity contribution >= 4 is 34.3 Å². The minimum absolute atomic E-state index is 0.00814. The molecule has 0 fully saturated rings. The van der Waals surface area contributed by atoms with Crippen LogP contribution < -0.4 is 10.1 Å². The summed E-state index contributed by atoms with van der Waals surface area (Å²) in [6, 6.07) is 17.5. The van der Waals surface area contributed by atoms with Crippen LogP contribution in [0.5, 0.6) is 5.75 Å². The van der Waals surface area contributed by atoms with Gasteiger partial charge in [-0.3, -0.25) is 4.79 Å². The van der Waals surface area contributed by atoms with E-state index in [2.05, 4.69) is 18.3 Å². The van der Waals surface area contributed by atoms with Crippen molar-refractivity contribution in [1.29, 1.82) is 0 Å². The fourth-order valence-electron chi connectivity index (χ4n) is 2.59. The molecule has 0 bridgehead atoms. The van der Waals surface area contributed by atoms with Gasteiger partial charge in [-0.25, -0.2) is 4.98 Å². The van der Waals surface area contributed by atoms with Crippen LogP contribution in [0.4, 0.5) is 5.69 Å². The highest BCUT2D eigenvalue weighted by Gasteiger charge is 2.09. The average molecular weight is 352 g/mol. The van der Waals surface area contributed by atoms with Gasteiger partial charge in [0, 0.05) is 23.2 Å². The molecule has 0 saturated heterocycles. The van der Waals surface area contributed by atoms with Crippen molar-refractivity contribution in [3.8, 4) is 5.75 Å². The number of benzene rings is 2. The molecule has 1 aromatic heterocycles. The molecule has 0 aliphatic carbocycles. The van der Waals surface area contributed by atoms with Crippen molar-refractivity contribution in [3.05, 3.63) is 60.2 Å². The van der Waals surface area contributed by atoms with E-state index in [0.717, 1.165) is 32.9 Å². The number of thioether (sulfide) groups is 1. The molecule has 0 radical (unpaired) electrons. The van der Waals surface area contributed by atoms with Crippen LogP contribution in [0.3, 0.4) is 0 Å². The Balaban J connectivity index is 1.64. The Bertz CT molecular complexity index is 882. The first-order chi connectivity index (χ1) is 12.2. The highest BCUT2D eigenvalue weighted by atomic mass is 32.2. The summed E-state index contributed by atoms with van der Waals surface area (Å²) >= 11 is 1.58. The van der Waals surface area contributed by atoms with Gasteiger partial charge in [0.25, 0.3) is 0 Å². The zero-order chi connectivity index (χ0) is 17.6. The lowest BCUT2D eigenvalue weighted by Gasteiger charge is -2.09. The van der Waals surface area contributed by atoms with Gasteiger partial charge in [0.2, 0.25) is 5.91 Å². The highest BCUT2D eigenvalue weighted by molar-refractivity contribution is 7.99. The lowest BCUT2D eigenvalue weighted by Crippen LogP contribution is -2.12. The topological polar surface area (TPSA) is 51.2 Å². The Labute approximate surface area is 151 Å². The number of para-hydroxylation sites is 2. The van der Waals surface area contributed by atoms with Crippen molar-refractivity contribution in [2.75, 3.05) is 18.2 Å². The summed E-state index contributed by atoms with van der Waals surface area (Å²) in [7, 11) is 1.65. The molecule has 0 atom stereocenters. The molecule has 1 heterocycles. The number of nitrogens with one attached hydrogen (secondary N) is 1. The SMILES string of the molecule is COc1cccc2c(C)cc(SCCC(=O)Nc3ccccc3)nc12. The van der Waals surface area contributed by atoms with Crippen LogP contribution in [-0.2, 0) is 4.79 Å². The first-order valence-electron chi connectivity index (χ1n) is 8.09. The van der Waals surface area contributed by atoms with Gasteiger partial charge < -0.3 is 10.1 Å². The Morgan fingerprint density at radius 1 is 1.16 bits per heavy atom. The normalized spacial score (nSPS) is 10.6. The number of aromatic nitrogens is 1. The van der Waals surface area contributed by atoms with Gasteiger partial charge in [0.1, 0.15) is 11.3 Å². The molecule has 3 rings (SSSR count). The van der Waals surface area contributed by atoms with Crippen LogP contribution in [-0.4, -0.2) is 23.8 Å². The monoisotopic (exact) mass is 352 g/mol. The maximum Gasteiger partial charge on any atom is 0.225 e. The number of carbonyl (C=O) groups excluding carboxylic acids is 1. The van der Waals surface area contributed by atoms with Crippen LogP contribution in [0.25, 0.3) is 10.9 Å². The van der Waals surface area contributed by atoms with E-state index in [-0.39, 0.29) is 5.91 Å². The quantitative estimate of drug-likeness (QED) is 0.655. The van der Waals surface area contributed by atoms with E-state index in [0.29, 0.717) is 12.2 Å². The number of nitrogens with zero attached hydrogens (tertiary/aromatic N) is 1. The molecular weight excluding hydrogens is 332 g/mol. The number of hydrogen-bond donors (Lipinski definition) is 1. The molecule has 0 aliphatic rings. The molecule has 0 aliphatic heterocycles. The van der Waals surface area contributed by atoms with E-state index >= 15 is 0 Å². The summed E-state index contributed by atoms with van der Waals surface area (Å²) in [5.41, 5.74) is 2.84. The lowest BCUT2D eigenvalue weighted by molar-refractivity contribution is -0.115. The molecule has 1 amide bonds. The number of anilines is 1. The van der Waals surface area contributed by atoms with Crippen LogP contribution in [0.1, 0.15) is 12.0 Å². The number of pyridine rings is 1. The second kappa shape index (κ2) is 8.03. The average Bonchev–Trinajstić information content (AvgIpc) is 2.62. The summed E-state index contributed by atoms with van der Waals surface area (Å²) in [5.74, 6) is 1.45. The van der Waals surface area contributed by atoms with Crippen molar-refractivity contribution in [3.63, 3.8) is 0 Å². The van der Waals surface area contributed by atoms with E-state index in [9.17, 15) is 4.79 Å². The molecule has 25 heavy (non-hydrogen) atoms. The molecule has 4 nitrogen and oxygen atoms in total. The van der Waals surface area contributed by atoms with E-state index < -0.39 is 0 Å². The van der Waals surface area contributed by atoms with E-state index in [1.165, 1.54) is 0 Å². The van der Waals surface area contributed by atoms with E-state index in [1.807, 2.05) is 48.5 Å². The number of aryl methyl sites for hydroxylation is 1. The predicted molar refractivity (Wildman–Crippen MR) is 103 cm³/mol. The summed E-state index contributed by atoms with van der Waals surface area (Å²) in [5, 5.41) is 4.89. The first kappa shape index (κ1) is 17.3. The minimum atomic E-state index is 0.00814.